The molecule has 2 aromatic heterocycles. The summed E-state index contributed by atoms with van der Waals surface area (Å²) in [6.07, 6.45) is 5.03. The van der Waals surface area contributed by atoms with Crippen LogP contribution >= 0.6 is 11.3 Å². The van der Waals surface area contributed by atoms with Gasteiger partial charge in [-0.1, -0.05) is 0 Å². The second kappa shape index (κ2) is 3.95. The van der Waals surface area contributed by atoms with Crippen LogP contribution in [0.2, 0.25) is 0 Å². The van der Waals surface area contributed by atoms with Crippen molar-refractivity contribution in [2.45, 2.75) is 6.61 Å². The summed E-state index contributed by atoms with van der Waals surface area (Å²) in [6, 6.07) is 2.13. The first kappa shape index (κ1) is 8.12. The molecule has 0 N–H and O–H groups in total. The molecular weight excluding hydrogens is 186 g/mol. The molecule has 0 atom stereocenters. The van der Waals surface area contributed by atoms with Gasteiger partial charge in [-0.15, -0.1) is 11.3 Å². The number of hydrogen-bond acceptors (Lipinski definition) is 5. The minimum Gasteiger partial charge on any atom is -0.456 e. The zero-order valence-electron chi connectivity index (χ0n) is 6.75. The van der Waals surface area contributed by atoms with E-state index in [0.29, 0.717) is 12.6 Å². The Hall–Kier alpha value is -1.49. The lowest BCUT2D eigenvalue weighted by atomic mass is 10.7. The van der Waals surface area contributed by atoms with E-state index < -0.39 is 0 Å². The summed E-state index contributed by atoms with van der Waals surface area (Å²) in [4.78, 5) is 11.9. The average molecular weight is 193 g/mol. The predicted octanol–water partition coefficient (Wildman–Crippen LogP) is 1.51. The van der Waals surface area contributed by atoms with Gasteiger partial charge in [0, 0.05) is 24.0 Å². The van der Waals surface area contributed by atoms with E-state index in [4.69, 9.17) is 4.74 Å². The van der Waals surface area contributed by atoms with Gasteiger partial charge in [0.25, 0.3) is 0 Å². The maximum absolute atomic E-state index is 5.28. The van der Waals surface area contributed by atoms with Crippen molar-refractivity contribution < 1.29 is 4.74 Å². The predicted molar refractivity (Wildman–Crippen MR) is 48.5 cm³/mol. The van der Waals surface area contributed by atoms with Gasteiger partial charge in [-0.2, -0.15) is 0 Å². The van der Waals surface area contributed by atoms with Crippen LogP contribution in [0.25, 0.3) is 0 Å². The van der Waals surface area contributed by atoms with Gasteiger partial charge in [0.05, 0.1) is 0 Å². The van der Waals surface area contributed by atoms with Crippen LogP contribution < -0.4 is 4.74 Å². The van der Waals surface area contributed by atoms with Crippen LogP contribution in [-0.2, 0) is 6.61 Å². The lowest BCUT2D eigenvalue weighted by Gasteiger charge is -1.99. The van der Waals surface area contributed by atoms with Gasteiger partial charge < -0.3 is 4.74 Å². The van der Waals surface area contributed by atoms with Crippen LogP contribution in [0.5, 0.6) is 6.01 Å². The normalized spacial score (nSPS) is 9.85. The van der Waals surface area contributed by atoms with Gasteiger partial charge in [0.15, 0.2) is 0 Å². The van der Waals surface area contributed by atoms with Crippen LogP contribution in [0, 0.1) is 0 Å². The molecular formula is C8H7N3OS. The smallest absolute Gasteiger partial charge is 0.316 e. The number of aromatic nitrogens is 3. The molecule has 2 aromatic rings. The summed E-state index contributed by atoms with van der Waals surface area (Å²) in [5.41, 5.74) is 0. The number of rotatable bonds is 3. The third-order valence-electron chi connectivity index (χ3n) is 1.35. The van der Waals surface area contributed by atoms with E-state index in [0.717, 1.165) is 5.01 Å². The minimum atomic E-state index is 0.387. The maximum Gasteiger partial charge on any atom is 0.316 e. The molecule has 0 saturated carbocycles. The van der Waals surface area contributed by atoms with Crippen molar-refractivity contribution in [1.82, 2.24) is 15.0 Å². The summed E-state index contributed by atoms with van der Waals surface area (Å²) in [5.74, 6) is 0. The summed E-state index contributed by atoms with van der Waals surface area (Å²) in [7, 11) is 0. The molecule has 0 bridgehead atoms. The fourth-order valence-corrected chi connectivity index (χ4v) is 1.34. The molecule has 0 radical (unpaired) electrons. The van der Waals surface area contributed by atoms with Crippen molar-refractivity contribution >= 4 is 11.3 Å². The molecule has 0 saturated heterocycles. The van der Waals surface area contributed by atoms with E-state index in [9.17, 15) is 0 Å². The van der Waals surface area contributed by atoms with Crippen LogP contribution in [0.1, 0.15) is 5.01 Å². The van der Waals surface area contributed by atoms with E-state index >= 15 is 0 Å². The fourth-order valence-electron chi connectivity index (χ4n) is 0.810. The highest BCUT2D eigenvalue weighted by Gasteiger charge is 1.98. The molecule has 0 amide bonds. The largest absolute Gasteiger partial charge is 0.456 e. The number of hydrogen-bond donors (Lipinski definition) is 0. The van der Waals surface area contributed by atoms with Gasteiger partial charge in [-0.05, 0) is 6.07 Å². The molecule has 0 unspecified atom stereocenters. The van der Waals surface area contributed by atoms with E-state index in [-0.39, 0.29) is 0 Å². The van der Waals surface area contributed by atoms with Crippen molar-refractivity contribution in [2.24, 2.45) is 0 Å². The highest BCUT2D eigenvalue weighted by atomic mass is 32.1. The van der Waals surface area contributed by atoms with Crippen molar-refractivity contribution in [2.75, 3.05) is 0 Å². The van der Waals surface area contributed by atoms with E-state index in [1.165, 1.54) is 0 Å². The highest BCUT2D eigenvalue weighted by Crippen LogP contribution is 2.07. The third kappa shape index (κ3) is 2.22. The molecule has 13 heavy (non-hydrogen) atoms. The standard InChI is InChI=1S/C8H7N3OS/c1-2-10-8(11-3-1)12-6-7-9-4-5-13-7/h1-5H,6H2. The van der Waals surface area contributed by atoms with E-state index in [1.807, 2.05) is 5.38 Å². The SMILES string of the molecule is c1cnc(OCc2nccs2)nc1. The summed E-state index contributed by atoms with van der Waals surface area (Å²) < 4.78 is 5.28. The fraction of sp³-hybridized carbons (Fsp3) is 0.125. The Morgan fingerprint density at radius 1 is 1.15 bits per heavy atom. The monoisotopic (exact) mass is 193 g/mol. The van der Waals surface area contributed by atoms with Gasteiger partial charge in [-0.25, -0.2) is 15.0 Å². The Balaban J connectivity index is 1.94. The Kier molecular flexibility index (Phi) is 2.47. The Morgan fingerprint density at radius 2 is 2.00 bits per heavy atom. The Morgan fingerprint density at radius 3 is 2.69 bits per heavy atom. The third-order valence-corrected chi connectivity index (χ3v) is 2.10. The molecule has 5 heteroatoms. The Labute approximate surface area is 79.3 Å². The molecule has 2 heterocycles. The Bertz CT molecular complexity index is 349. The van der Waals surface area contributed by atoms with Crippen molar-refractivity contribution in [3.63, 3.8) is 0 Å². The molecule has 0 aromatic carbocycles. The van der Waals surface area contributed by atoms with Crippen molar-refractivity contribution in [3.8, 4) is 6.01 Å². The van der Waals surface area contributed by atoms with Crippen LogP contribution in [0.3, 0.4) is 0 Å². The number of thiazole rings is 1. The zero-order valence-corrected chi connectivity index (χ0v) is 7.57. The second-order valence-electron chi connectivity index (χ2n) is 2.25. The van der Waals surface area contributed by atoms with Gasteiger partial charge in [0.2, 0.25) is 0 Å². The molecule has 2 rings (SSSR count). The molecule has 0 aliphatic rings. The summed E-state index contributed by atoms with van der Waals surface area (Å²) in [6.45, 7) is 0.432. The van der Waals surface area contributed by atoms with E-state index in [1.54, 1.807) is 36.0 Å². The average Bonchev–Trinajstić information content (AvgIpc) is 2.69. The molecule has 4 nitrogen and oxygen atoms in total. The zero-order chi connectivity index (χ0) is 8.93. The number of nitrogens with zero attached hydrogens (tertiary/aromatic N) is 3. The van der Waals surface area contributed by atoms with Crippen LogP contribution in [0.4, 0.5) is 0 Å². The summed E-state index contributed by atoms with van der Waals surface area (Å²) >= 11 is 1.55. The van der Waals surface area contributed by atoms with Crippen LogP contribution in [0.15, 0.2) is 30.0 Å². The molecule has 0 spiro atoms. The topological polar surface area (TPSA) is 47.9 Å². The number of ether oxygens (including phenoxy) is 1. The molecule has 0 fully saturated rings. The highest BCUT2D eigenvalue weighted by molar-refractivity contribution is 7.09. The lowest BCUT2D eigenvalue weighted by molar-refractivity contribution is 0.280. The van der Waals surface area contributed by atoms with E-state index in [2.05, 4.69) is 15.0 Å². The molecule has 66 valence electrons. The van der Waals surface area contributed by atoms with Gasteiger partial charge >= 0.3 is 6.01 Å². The molecule has 0 aliphatic carbocycles. The maximum atomic E-state index is 5.28. The molecule has 0 aliphatic heterocycles. The summed E-state index contributed by atoms with van der Waals surface area (Å²) in [5, 5.41) is 2.83. The minimum absolute atomic E-state index is 0.387. The van der Waals surface area contributed by atoms with Crippen molar-refractivity contribution in [3.05, 3.63) is 35.0 Å². The first-order valence-electron chi connectivity index (χ1n) is 3.73. The first-order valence-corrected chi connectivity index (χ1v) is 4.61. The lowest BCUT2D eigenvalue weighted by Crippen LogP contribution is -1.97. The van der Waals surface area contributed by atoms with Crippen molar-refractivity contribution in [1.29, 1.82) is 0 Å². The quantitative estimate of drug-likeness (QED) is 0.741. The second-order valence-corrected chi connectivity index (χ2v) is 3.23. The van der Waals surface area contributed by atoms with Gasteiger partial charge in [0.1, 0.15) is 11.6 Å². The van der Waals surface area contributed by atoms with Crippen LogP contribution in [-0.4, -0.2) is 15.0 Å². The first-order chi connectivity index (χ1) is 6.45. The van der Waals surface area contributed by atoms with Gasteiger partial charge in [-0.3, -0.25) is 0 Å².